The number of nitrogen functional groups attached to an aromatic ring is 1. The van der Waals surface area contributed by atoms with Crippen molar-refractivity contribution in [1.82, 2.24) is 15.4 Å². The van der Waals surface area contributed by atoms with Gasteiger partial charge in [-0.15, -0.1) is 0 Å². The average molecular weight is 190 g/mol. The number of nitrogens with one attached hydrogen (secondary N) is 1. The van der Waals surface area contributed by atoms with Gasteiger partial charge in [-0.25, -0.2) is 0 Å². The second-order valence-electron chi connectivity index (χ2n) is 3.50. The molecule has 3 rings (SSSR count). The summed E-state index contributed by atoms with van der Waals surface area (Å²) in [6.45, 7) is 0. The quantitative estimate of drug-likeness (QED) is 0.706. The molecule has 0 saturated carbocycles. The molecule has 1 aliphatic rings. The molecule has 2 aromatic rings. The van der Waals surface area contributed by atoms with Gasteiger partial charge in [-0.1, -0.05) is 5.16 Å². The summed E-state index contributed by atoms with van der Waals surface area (Å²) in [4.78, 5) is 0. The van der Waals surface area contributed by atoms with Crippen LogP contribution in [0.1, 0.15) is 17.7 Å². The van der Waals surface area contributed by atoms with Gasteiger partial charge in [0.05, 0.1) is 0 Å². The Labute approximate surface area is 80.3 Å². The van der Waals surface area contributed by atoms with Crippen LogP contribution in [0, 0.1) is 0 Å². The number of rotatable bonds is 1. The summed E-state index contributed by atoms with van der Waals surface area (Å²) in [5, 5.41) is 11.1. The maximum atomic E-state index is 5.46. The van der Waals surface area contributed by atoms with Gasteiger partial charge in [0.2, 0.25) is 5.88 Å². The van der Waals surface area contributed by atoms with Gasteiger partial charge in [0, 0.05) is 17.3 Å². The van der Waals surface area contributed by atoms with Crippen molar-refractivity contribution in [2.24, 2.45) is 0 Å². The third-order valence-corrected chi connectivity index (χ3v) is 2.58. The highest BCUT2D eigenvalue weighted by molar-refractivity contribution is 5.62. The number of hydrogen-bond donors (Lipinski definition) is 2. The summed E-state index contributed by atoms with van der Waals surface area (Å²) in [6.07, 6.45) is 3.33. The van der Waals surface area contributed by atoms with Crippen molar-refractivity contribution in [2.45, 2.75) is 19.3 Å². The van der Waals surface area contributed by atoms with E-state index in [1.807, 2.05) is 0 Å². The van der Waals surface area contributed by atoms with Crippen molar-refractivity contribution in [3.63, 3.8) is 0 Å². The van der Waals surface area contributed by atoms with E-state index in [4.69, 9.17) is 10.3 Å². The van der Waals surface area contributed by atoms with Gasteiger partial charge in [0.15, 0.2) is 0 Å². The molecule has 0 radical (unpaired) electrons. The first-order valence-corrected chi connectivity index (χ1v) is 4.63. The van der Waals surface area contributed by atoms with Gasteiger partial charge in [0.25, 0.3) is 0 Å². The minimum atomic E-state index is 0.328. The average Bonchev–Trinajstić information content (AvgIpc) is 2.77. The number of aromatic amines is 1. The topological polar surface area (TPSA) is 80.7 Å². The summed E-state index contributed by atoms with van der Waals surface area (Å²) in [6, 6.07) is 1.70. The minimum Gasteiger partial charge on any atom is -0.368 e. The summed E-state index contributed by atoms with van der Waals surface area (Å²) in [5.74, 6) is 0.328. The first kappa shape index (κ1) is 7.61. The predicted octanol–water partition coefficient (Wildman–Crippen LogP) is 1.14. The molecule has 3 N–H and O–H groups in total. The lowest BCUT2D eigenvalue weighted by atomic mass is 10.1. The Hall–Kier alpha value is -1.78. The standard InChI is InChI=1S/C9H10N4O/c10-8-4-7(13-14-8)9-5-2-1-3-6(5)11-12-9/h4H,1-3,10H2,(H,11,12). The van der Waals surface area contributed by atoms with E-state index in [0.717, 1.165) is 24.2 Å². The fraction of sp³-hybridized carbons (Fsp3) is 0.333. The molecule has 5 heteroatoms. The van der Waals surface area contributed by atoms with Gasteiger partial charge in [-0.3, -0.25) is 5.10 Å². The van der Waals surface area contributed by atoms with Crippen molar-refractivity contribution in [1.29, 1.82) is 0 Å². The first-order valence-electron chi connectivity index (χ1n) is 4.63. The molecule has 72 valence electrons. The van der Waals surface area contributed by atoms with Crippen LogP contribution < -0.4 is 5.73 Å². The van der Waals surface area contributed by atoms with Crippen LogP contribution in [0.5, 0.6) is 0 Å². The van der Waals surface area contributed by atoms with Crippen LogP contribution in [0.25, 0.3) is 11.4 Å². The molecule has 0 atom stereocenters. The summed E-state index contributed by atoms with van der Waals surface area (Å²) >= 11 is 0. The molecule has 0 spiro atoms. The van der Waals surface area contributed by atoms with Gasteiger partial charge in [-0.05, 0) is 19.3 Å². The first-order chi connectivity index (χ1) is 6.84. The molecule has 0 unspecified atom stereocenters. The molecule has 5 nitrogen and oxygen atoms in total. The fourth-order valence-electron chi connectivity index (χ4n) is 1.93. The molecule has 0 bridgehead atoms. The van der Waals surface area contributed by atoms with Crippen molar-refractivity contribution < 1.29 is 4.52 Å². The zero-order valence-corrected chi connectivity index (χ0v) is 7.58. The Balaban J connectivity index is 2.12. The maximum Gasteiger partial charge on any atom is 0.222 e. The van der Waals surface area contributed by atoms with Crippen LogP contribution in [0.4, 0.5) is 5.88 Å². The van der Waals surface area contributed by atoms with Crippen molar-refractivity contribution >= 4 is 5.88 Å². The van der Waals surface area contributed by atoms with Crippen LogP contribution in [0.15, 0.2) is 10.6 Å². The lowest BCUT2D eigenvalue weighted by Gasteiger charge is -1.91. The van der Waals surface area contributed by atoms with Crippen molar-refractivity contribution in [2.75, 3.05) is 5.73 Å². The zero-order valence-electron chi connectivity index (χ0n) is 7.58. The number of H-pyrrole nitrogens is 1. The molecule has 0 saturated heterocycles. The fourth-order valence-corrected chi connectivity index (χ4v) is 1.93. The lowest BCUT2D eigenvalue weighted by Crippen LogP contribution is -1.84. The van der Waals surface area contributed by atoms with Crippen LogP contribution in [-0.4, -0.2) is 15.4 Å². The largest absolute Gasteiger partial charge is 0.368 e. The number of aryl methyl sites for hydroxylation is 1. The Morgan fingerprint density at radius 1 is 1.43 bits per heavy atom. The number of nitrogens with zero attached hydrogens (tertiary/aromatic N) is 2. The molecule has 14 heavy (non-hydrogen) atoms. The van der Waals surface area contributed by atoms with Crippen molar-refractivity contribution in [3.8, 4) is 11.4 Å². The predicted molar refractivity (Wildman–Crippen MR) is 50.5 cm³/mol. The molecule has 1 aliphatic carbocycles. The van der Waals surface area contributed by atoms with Gasteiger partial charge in [-0.2, -0.15) is 5.10 Å². The number of aromatic nitrogens is 3. The molecule has 2 aromatic heterocycles. The van der Waals surface area contributed by atoms with Crippen LogP contribution >= 0.6 is 0 Å². The molecule has 0 amide bonds. The smallest absolute Gasteiger partial charge is 0.222 e. The lowest BCUT2D eigenvalue weighted by molar-refractivity contribution is 0.439. The summed E-state index contributed by atoms with van der Waals surface area (Å²) in [5.41, 5.74) is 9.56. The second-order valence-corrected chi connectivity index (χ2v) is 3.50. The third-order valence-electron chi connectivity index (χ3n) is 2.58. The third kappa shape index (κ3) is 0.951. The molecular formula is C9H10N4O. The normalized spacial score (nSPS) is 14.6. The summed E-state index contributed by atoms with van der Waals surface area (Å²) < 4.78 is 4.82. The highest BCUT2D eigenvalue weighted by Crippen LogP contribution is 2.29. The number of nitrogens with two attached hydrogens (primary N) is 1. The van der Waals surface area contributed by atoms with E-state index in [-0.39, 0.29) is 0 Å². The van der Waals surface area contributed by atoms with Crippen molar-refractivity contribution in [3.05, 3.63) is 17.3 Å². The molecule has 0 aromatic carbocycles. The zero-order chi connectivity index (χ0) is 9.54. The van der Waals surface area contributed by atoms with E-state index in [2.05, 4.69) is 15.4 Å². The SMILES string of the molecule is Nc1cc(-c2n[nH]c3c2CCC3)no1. The monoisotopic (exact) mass is 190 g/mol. The summed E-state index contributed by atoms with van der Waals surface area (Å²) in [7, 11) is 0. The van der Waals surface area contributed by atoms with Gasteiger partial charge in [0.1, 0.15) is 11.4 Å². The van der Waals surface area contributed by atoms with E-state index in [9.17, 15) is 0 Å². The second kappa shape index (κ2) is 2.60. The number of fused-ring (bicyclic) bond motifs is 1. The van der Waals surface area contributed by atoms with E-state index in [1.165, 1.54) is 17.7 Å². The maximum absolute atomic E-state index is 5.46. The Morgan fingerprint density at radius 3 is 3.14 bits per heavy atom. The highest BCUT2D eigenvalue weighted by atomic mass is 16.5. The van der Waals surface area contributed by atoms with Gasteiger partial charge < -0.3 is 10.3 Å². The Bertz CT molecular complexity index is 471. The van der Waals surface area contributed by atoms with Crippen LogP contribution in [0.2, 0.25) is 0 Å². The number of hydrogen-bond acceptors (Lipinski definition) is 4. The molecular weight excluding hydrogens is 180 g/mol. The van der Waals surface area contributed by atoms with E-state index >= 15 is 0 Å². The van der Waals surface area contributed by atoms with Crippen LogP contribution in [0.3, 0.4) is 0 Å². The highest BCUT2D eigenvalue weighted by Gasteiger charge is 2.21. The van der Waals surface area contributed by atoms with E-state index < -0.39 is 0 Å². The Morgan fingerprint density at radius 2 is 2.36 bits per heavy atom. The van der Waals surface area contributed by atoms with Gasteiger partial charge >= 0.3 is 0 Å². The Kier molecular flexibility index (Phi) is 1.41. The molecule has 0 aliphatic heterocycles. The molecule has 2 heterocycles. The molecule has 0 fully saturated rings. The van der Waals surface area contributed by atoms with E-state index in [0.29, 0.717) is 5.88 Å². The minimum absolute atomic E-state index is 0.328. The number of anilines is 1. The van der Waals surface area contributed by atoms with Crippen LogP contribution in [-0.2, 0) is 12.8 Å². The van der Waals surface area contributed by atoms with E-state index in [1.54, 1.807) is 6.07 Å².